The maximum Gasteiger partial charge on any atom is 0.243 e. The van der Waals surface area contributed by atoms with Gasteiger partial charge in [-0.25, -0.2) is 8.42 Å². The van der Waals surface area contributed by atoms with Gasteiger partial charge in [0.25, 0.3) is 0 Å². The van der Waals surface area contributed by atoms with E-state index in [9.17, 15) is 8.42 Å². The fourth-order valence-corrected chi connectivity index (χ4v) is 8.48. The molecule has 2 heterocycles. The highest BCUT2D eigenvalue weighted by molar-refractivity contribution is 8.08. The Morgan fingerprint density at radius 1 is 0.903 bits per heavy atom. The number of sulfonamides is 1. The fraction of sp³-hybridized carbons (Fsp3) is 0.385. The summed E-state index contributed by atoms with van der Waals surface area (Å²) in [6, 6.07) is 8.41. The van der Waals surface area contributed by atoms with Crippen LogP contribution in [0.2, 0.25) is 0 Å². The van der Waals surface area contributed by atoms with Crippen LogP contribution in [0.5, 0.6) is 0 Å². The van der Waals surface area contributed by atoms with Gasteiger partial charge in [0.05, 0.1) is 4.90 Å². The van der Waals surface area contributed by atoms with Gasteiger partial charge in [0, 0.05) is 29.3 Å². The van der Waals surface area contributed by atoms with Crippen molar-refractivity contribution in [3.63, 3.8) is 0 Å². The molecule has 1 fully saturated rings. The summed E-state index contributed by atoms with van der Waals surface area (Å²) in [6.07, 6.45) is 14.2. The summed E-state index contributed by atoms with van der Waals surface area (Å²) in [6.45, 7) is 1.28. The summed E-state index contributed by atoms with van der Waals surface area (Å²) in [5.41, 5.74) is 6.65. The monoisotopic (exact) mass is 449 g/mol. The molecule has 4 aliphatic rings. The van der Waals surface area contributed by atoms with Crippen LogP contribution < -0.4 is 0 Å². The number of hydrogen-bond donors (Lipinski definition) is 0. The Bertz CT molecular complexity index is 1280. The summed E-state index contributed by atoms with van der Waals surface area (Å²) >= 11 is 1.80. The molecule has 6 rings (SSSR count). The summed E-state index contributed by atoms with van der Waals surface area (Å²) in [5.74, 6) is 1.03. The van der Waals surface area contributed by atoms with E-state index >= 15 is 0 Å². The second kappa shape index (κ2) is 7.65. The molecule has 0 spiro atoms. The van der Waals surface area contributed by atoms with Gasteiger partial charge in [0.1, 0.15) is 0 Å². The first-order valence-electron chi connectivity index (χ1n) is 11.5. The van der Waals surface area contributed by atoms with Crippen LogP contribution in [-0.4, -0.2) is 31.6 Å². The Kier molecular flexibility index (Phi) is 4.89. The number of hydrogen-bond acceptors (Lipinski definition) is 3. The lowest BCUT2D eigenvalue weighted by molar-refractivity contribution is 0.477. The van der Waals surface area contributed by atoms with Crippen molar-refractivity contribution < 1.29 is 8.42 Å². The highest BCUT2D eigenvalue weighted by Crippen LogP contribution is 2.45. The molecule has 2 aromatic rings. The van der Waals surface area contributed by atoms with E-state index in [1.165, 1.54) is 28.5 Å². The van der Waals surface area contributed by atoms with Crippen LogP contribution in [-0.2, 0) is 16.4 Å². The number of thioether (sulfide) groups is 1. The summed E-state index contributed by atoms with van der Waals surface area (Å²) in [7, 11) is -3.48. The minimum absolute atomic E-state index is 0.496. The van der Waals surface area contributed by atoms with E-state index in [1.54, 1.807) is 21.6 Å². The molecule has 0 unspecified atom stereocenters. The predicted molar refractivity (Wildman–Crippen MR) is 131 cm³/mol. The van der Waals surface area contributed by atoms with E-state index in [4.69, 9.17) is 0 Å². The number of benzene rings is 2. The van der Waals surface area contributed by atoms with Gasteiger partial charge in [0.15, 0.2) is 0 Å². The van der Waals surface area contributed by atoms with Crippen molar-refractivity contribution in [1.29, 1.82) is 0 Å². The third kappa shape index (κ3) is 3.16. The van der Waals surface area contributed by atoms with Gasteiger partial charge in [-0.3, -0.25) is 0 Å². The highest BCUT2D eigenvalue weighted by atomic mass is 32.2. The zero-order valence-electron chi connectivity index (χ0n) is 17.7. The van der Waals surface area contributed by atoms with Crippen molar-refractivity contribution in [2.45, 2.75) is 49.8 Å². The first kappa shape index (κ1) is 19.8. The number of allylic oxidation sites excluding steroid dienone is 5. The standard InChI is InChI=1S/C26H27NO2S2/c28-31(29,27-15-3-4-16-27)25-14-13-22-21-10-9-18-6-1-2-7-19(18)20(21)11-12-23(22)26(25)24-8-5-17-30-24/h2,7-8,11-14H,1,3-6,9-10,15-17H2. The number of aryl methyl sites for hydroxylation is 1. The first-order chi connectivity index (χ1) is 15.1. The molecule has 0 atom stereocenters. The van der Waals surface area contributed by atoms with Gasteiger partial charge in [0.2, 0.25) is 10.0 Å². The van der Waals surface area contributed by atoms with Gasteiger partial charge in [-0.1, -0.05) is 42.0 Å². The molecule has 5 heteroatoms. The SMILES string of the molecule is O=S(=O)(c1ccc2c3c(ccc2c1C1=CCCS1)C1=C(CCC=C1)CC3)N1CCCC1. The average Bonchev–Trinajstić information content (AvgIpc) is 3.52. The van der Waals surface area contributed by atoms with Crippen LogP contribution in [0.4, 0.5) is 0 Å². The van der Waals surface area contributed by atoms with E-state index < -0.39 is 10.0 Å². The summed E-state index contributed by atoms with van der Waals surface area (Å²) < 4.78 is 28.9. The molecule has 0 radical (unpaired) electrons. The van der Waals surface area contributed by atoms with Gasteiger partial charge in [-0.05, 0) is 78.5 Å². The molecule has 2 aliphatic carbocycles. The van der Waals surface area contributed by atoms with Crippen molar-refractivity contribution in [3.05, 3.63) is 64.8 Å². The molecular formula is C26H27NO2S2. The van der Waals surface area contributed by atoms with Crippen LogP contribution >= 0.6 is 11.8 Å². The molecule has 0 saturated carbocycles. The fourth-order valence-electron chi connectivity index (χ4n) is 5.63. The number of fused-ring (bicyclic) bond motifs is 4. The summed E-state index contributed by atoms with van der Waals surface area (Å²) in [4.78, 5) is 1.63. The zero-order chi connectivity index (χ0) is 21.0. The molecular weight excluding hydrogens is 422 g/mol. The lowest BCUT2D eigenvalue weighted by Gasteiger charge is -2.27. The molecule has 1 saturated heterocycles. The Labute approximate surface area is 189 Å². The quantitative estimate of drug-likeness (QED) is 0.564. The summed E-state index contributed by atoms with van der Waals surface area (Å²) in [5, 5.41) is 2.33. The van der Waals surface area contributed by atoms with Crippen LogP contribution in [0.1, 0.15) is 55.2 Å². The zero-order valence-corrected chi connectivity index (χ0v) is 19.3. The predicted octanol–water partition coefficient (Wildman–Crippen LogP) is 6.15. The molecule has 31 heavy (non-hydrogen) atoms. The lowest BCUT2D eigenvalue weighted by Crippen LogP contribution is -2.28. The van der Waals surface area contributed by atoms with E-state index in [2.05, 4.69) is 36.4 Å². The van der Waals surface area contributed by atoms with Crippen molar-refractivity contribution in [2.75, 3.05) is 18.8 Å². The maximum absolute atomic E-state index is 13.6. The molecule has 0 amide bonds. The molecule has 0 bridgehead atoms. The first-order valence-corrected chi connectivity index (χ1v) is 13.9. The van der Waals surface area contributed by atoms with Gasteiger partial charge in [-0.15, -0.1) is 11.8 Å². The topological polar surface area (TPSA) is 37.4 Å². The van der Waals surface area contributed by atoms with Crippen LogP contribution in [0.25, 0.3) is 21.3 Å². The van der Waals surface area contributed by atoms with E-state index in [-0.39, 0.29) is 0 Å². The molecule has 2 aromatic carbocycles. The second-order valence-electron chi connectivity index (χ2n) is 8.90. The highest BCUT2D eigenvalue weighted by Gasteiger charge is 2.32. The minimum atomic E-state index is -3.48. The van der Waals surface area contributed by atoms with E-state index in [0.29, 0.717) is 18.0 Å². The van der Waals surface area contributed by atoms with Crippen molar-refractivity contribution >= 4 is 43.0 Å². The Morgan fingerprint density at radius 2 is 1.74 bits per heavy atom. The van der Waals surface area contributed by atoms with Crippen molar-refractivity contribution in [1.82, 2.24) is 4.31 Å². The van der Waals surface area contributed by atoms with Crippen molar-refractivity contribution in [3.8, 4) is 0 Å². The maximum atomic E-state index is 13.6. The van der Waals surface area contributed by atoms with Crippen LogP contribution in [0, 0.1) is 0 Å². The van der Waals surface area contributed by atoms with Gasteiger partial charge >= 0.3 is 0 Å². The largest absolute Gasteiger partial charge is 0.243 e. The smallest absolute Gasteiger partial charge is 0.207 e. The number of rotatable bonds is 3. The van der Waals surface area contributed by atoms with Gasteiger partial charge < -0.3 is 0 Å². The Balaban J connectivity index is 1.60. The van der Waals surface area contributed by atoms with Crippen LogP contribution in [0.15, 0.2) is 53.0 Å². The number of nitrogens with zero attached hydrogens (tertiary/aromatic N) is 1. The third-order valence-corrected chi connectivity index (χ3v) is 10.2. The van der Waals surface area contributed by atoms with Crippen LogP contribution in [0.3, 0.4) is 0 Å². The van der Waals surface area contributed by atoms with E-state index in [1.807, 2.05) is 6.07 Å². The van der Waals surface area contributed by atoms with E-state index in [0.717, 1.165) is 60.1 Å². The van der Waals surface area contributed by atoms with Crippen molar-refractivity contribution in [2.24, 2.45) is 0 Å². The molecule has 3 nitrogen and oxygen atoms in total. The second-order valence-corrected chi connectivity index (χ2v) is 11.9. The molecule has 2 aliphatic heterocycles. The third-order valence-electron chi connectivity index (χ3n) is 7.15. The molecule has 160 valence electrons. The average molecular weight is 450 g/mol. The minimum Gasteiger partial charge on any atom is -0.207 e. The Morgan fingerprint density at radius 3 is 2.55 bits per heavy atom. The lowest BCUT2D eigenvalue weighted by atomic mass is 9.79. The Hall–Kier alpha value is -1.82. The van der Waals surface area contributed by atoms with Gasteiger partial charge in [-0.2, -0.15) is 4.31 Å². The molecule has 0 aromatic heterocycles. The molecule has 0 N–H and O–H groups in total. The normalized spacial score (nSPS) is 21.5.